The molecule has 0 aromatic heterocycles. The summed E-state index contributed by atoms with van der Waals surface area (Å²) in [5.41, 5.74) is -2.95. The molecule has 0 saturated heterocycles. The molecule has 1 N–H and O–H groups in total. The van der Waals surface area contributed by atoms with Crippen molar-refractivity contribution in [3.63, 3.8) is 0 Å². The highest BCUT2D eigenvalue weighted by molar-refractivity contribution is 6.28. The predicted molar refractivity (Wildman–Crippen MR) is 91.1 cm³/mol. The van der Waals surface area contributed by atoms with Crippen molar-refractivity contribution in [2.45, 2.75) is 45.6 Å². The Labute approximate surface area is 155 Å². The van der Waals surface area contributed by atoms with E-state index in [1.807, 2.05) is 0 Å². The van der Waals surface area contributed by atoms with Crippen molar-refractivity contribution in [2.75, 3.05) is 6.54 Å². The molecule has 1 aliphatic carbocycles. The van der Waals surface area contributed by atoms with E-state index in [1.165, 1.54) is 13.8 Å². The van der Waals surface area contributed by atoms with Crippen LogP contribution in [-0.4, -0.2) is 35.6 Å². The molecule has 0 spiro atoms. The standard InChI is InChI=1S/C19H21F2NO5/c1-18(2,3)27-11(23)8-22-17(26)12-15(24)9-6-7-10(20)14(21)13(9)19(4,5)16(12)25/h6-7,12H,8H2,1-5H3,(H,22,26). The van der Waals surface area contributed by atoms with Crippen LogP contribution >= 0.6 is 0 Å². The third-order valence-corrected chi connectivity index (χ3v) is 4.21. The molecule has 0 radical (unpaired) electrons. The predicted octanol–water partition coefficient (Wildman–Crippen LogP) is 2.08. The number of hydrogen-bond acceptors (Lipinski definition) is 5. The zero-order valence-corrected chi connectivity index (χ0v) is 15.7. The highest BCUT2D eigenvalue weighted by Crippen LogP contribution is 2.39. The fraction of sp³-hybridized carbons (Fsp3) is 0.474. The topological polar surface area (TPSA) is 89.5 Å². The zero-order valence-electron chi connectivity index (χ0n) is 15.7. The van der Waals surface area contributed by atoms with E-state index >= 15 is 0 Å². The summed E-state index contributed by atoms with van der Waals surface area (Å²) in [6, 6.07) is 1.83. The van der Waals surface area contributed by atoms with Crippen LogP contribution < -0.4 is 5.32 Å². The molecule has 2 rings (SSSR count). The lowest BCUT2D eigenvalue weighted by Crippen LogP contribution is -2.52. The lowest BCUT2D eigenvalue weighted by molar-refractivity contribution is -0.155. The summed E-state index contributed by atoms with van der Waals surface area (Å²) >= 11 is 0. The summed E-state index contributed by atoms with van der Waals surface area (Å²) in [4.78, 5) is 49.4. The minimum absolute atomic E-state index is 0.226. The summed E-state index contributed by atoms with van der Waals surface area (Å²) in [5.74, 6) is -7.75. The molecule has 1 aliphatic rings. The smallest absolute Gasteiger partial charge is 0.325 e. The molecular formula is C19H21F2NO5. The molecule has 6 nitrogen and oxygen atoms in total. The molecule has 1 atom stereocenters. The van der Waals surface area contributed by atoms with Gasteiger partial charge in [0.1, 0.15) is 12.1 Å². The Hall–Kier alpha value is -2.64. The van der Waals surface area contributed by atoms with Crippen molar-refractivity contribution in [1.82, 2.24) is 5.32 Å². The van der Waals surface area contributed by atoms with Gasteiger partial charge in [0.05, 0.1) is 5.41 Å². The normalized spacial score (nSPS) is 18.7. The minimum Gasteiger partial charge on any atom is -0.459 e. The molecule has 0 bridgehead atoms. The summed E-state index contributed by atoms with van der Waals surface area (Å²) in [6.07, 6.45) is 0. The molecular weight excluding hydrogens is 360 g/mol. The van der Waals surface area contributed by atoms with Gasteiger partial charge in [-0.15, -0.1) is 0 Å². The number of Topliss-reactive ketones (excluding diaryl/α,β-unsaturated/α-hetero) is 2. The zero-order chi connectivity index (χ0) is 20.7. The number of rotatable bonds is 3. The Bertz CT molecular complexity index is 839. The van der Waals surface area contributed by atoms with Crippen LogP contribution in [-0.2, 0) is 24.5 Å². The van der Waals surface area contributed by atoms with Crippen LogP contribution in [0.2, 0.25) is 0 Å². The van der Waals surface area contributed by atoms with Crippen LogP contribution in [0, 0.1) is 17.6 Å². The first-order valence-electron chi connectivity index (χ1n) is 8.34. The molecule has 1 unspecified atom stereocenters. The Morgan fingerprint density at radius 3 is 2.33 bits per heavy atom. The Balaban J connectivity index is 2.30. The van der Waals surface area contributed by atoms with Gasteiger partial charge in [-0.05, 0) is 46.8 Å². The van der Waals surface area contributed by atoms with Crippen molar-refractivity contribution in [1.29, 1.82) is 0 Å². The van der Waals surface area contributed by atoms with Crippen LogP contribution in [0.1, 0.15) is 50.5 Å². The minimum atomic E-state index is -1.75. The van der Waals surface area contributed by atoms with Gasteiger partial charge in [-0.25, -0.2) is 8.78 Å². The van der Waals surface area contributed by atoms with Crippen molar-refractivity contribution >= 4 is 23.4 Å². The Morgan fingerprint density at radius 1 is 1.19 bits per heavy atom. The first kappa shape index (κ1) is 20.7. The van der Waals surface area contributed by atoms with Gasteiger partial charge in [-0.1, -0.05) is 0 Å². The Morgan fingerprint density at radius 2 is 1.78 bits per heavy atom. The average Bonchev–Trinajstić information content (AvgIpc) is 2.52. The number of ketones is 2. The number of esters is 1. The van der Waals surface area contributed by atoms with Crippen molar-refractivity contribution in [2.24, 2.45) is 5.92 Å². The van der Waals surface area contributed by atoms with Crippen LogP contribution in [0.5, 0.6) is 0 Å². The molecule has 146 valence electrons. The van der Waals surface area contributed by atoms with Gasteiger partial charge in [0.25, 0.3) is 0 Å². The fourth-order valence-corrected chi connectivity index (χ4v) is 3.00. The van der Waals surface area contributed by atoms with E-state index in [2.05, 4.69) is 5.32 Å². The van der Waals surface area contributed by atoms with Crippen molar-refractivity contribution < 1.29 is 32.7 Å². The summed E-state index contributed by atoms with van der Waals surface area (Å²) in [7, 11) is 0. The van der Waals surface area contributed by atoms with Crippen molar-refractivity contribution in [3.8, 4) is 0 Å². The number of hydrogen-bond donors (Lipinski definition) is 1. The summed E-state index contributed by atoms with van der Waals surface area (Å²) in [5, 5.41) is 2.21. The number of halogens is 2. The van der Waals surface area contributed by atoms with Gasteiger partial charge < -0.3 is 10.1 Å². The molecule has 1 aromatic rings. The van der Waals surface area contributed by atoms with Crippen LogP contribution in [0.15, 0.2) is 12.1 Å². The third kappa shape index (κ3) is 3.89. The van der Waals surface area contributed by atoms with E-state index in [-0.39, 0.29) is 11.1 Å². The van der Waals surface area contributed by atoms with Crippen LogP contribution in [0.4, 0.5) is 8.78 Å². The second-order valence-electron chi connectivity index (χ2n) is 7.87. The van der Waals surface area contributed by atoms with E-state index in [0.717, 1.165) is 12.1 Å². The summed E-state index contributed by atoms with van der Waals surface area (Å²) in [6.45, 7) is 7.04. The molecule has 0 saturated carbocycles. The molecule has 0 fully saturated rings. The number of carbonyl (C=O) groups is 4. The first-order valence-corrected chi connectivity index (χ1v) is 8.34. The van der Waals surface area contributed by atoms with Gasteiger partial charge in [0, 0.05) is 11.1 Å². The highest BCUT2D eigenvalue weighted by Gasteiger charge is 2.51. The average molecular weight is 381 g/mol. The van der Waals surface area contributed by atoms with E-state index < -0.39 is 58.6 Å². The van der Waals surface area contributed by atoms with Gasteiger partial charge in [0.15, 0.2) is 29.1 Å². The number of benzene rings is 1. The lowest BCUT2D eigenvalue weighted by atomic mass is 9.66. The quantitative estimate of drug-likeness (QED) is 0.640. The second-order valence-corrected chi connectivity index (χ2v) is 7.87. The Kier molecular flexibility index (Phi) is 5.23. The largest absolute Gasteiger partial charge is 0.459 e. The first-order chi connectivity index (χ1) is 12.3. The maximum atomic E-state index is 14.2. The maximum absolute atomic E-state index is 14.2. The van der Waals surface area contributed by atoms with E-state index in [0.29, 0.717) is 0 Å². The summed E-state index contributed by atoms with van der Waals surface area (Å²) < 4.78 is 32.8. The van der Waals surface area contributed by atoms with Gasteiger partial charge in [0.2, 0.25) is 5.91 Å². The van der Waals surface area contributed by atoms with E-state index in [4.69, 9.17) is 4.74 Å². The lowest BCUT2D eigenvalue weighted by Gasteiger charge is -2.34. The number of nitrogens with one attached hydrogen (secondary N) is 1. The van der Waals surface area contributed by atoms with Crippen molar-refractivity contribution in [3.05, 3.63) is 34.9 Å². The number of carbonyl (C=O) groups excluding carboxylic acids is 4. The monoisotopic (exact) mass is 381 g/mol. The molecule has 1 amide bonds. The number of amides is 1. The van der Waals surface area contributed by atoms with E-state index in [9.17, 15) is 28.0 Å². The SMILES string of the molecule is CC(C)(C)OC(=O)CNC(=O)C1C(=O)c2ccc(F)c(F)c2C(C)(C)C1=O. The second kappa shape index (κ2) is 6.83. The van der Waals surface area contributed by atoms with Crippen LogP contribution in [0.3, 0.4) is 0 Å². The van der Waals surface area contributed by atoms with Gasteiger partial charge in [-0.2, -0.15) is 0 Å². The fourth-order valence-electron chi connectivity index (χ4n) is 3.00. The number of ether oxygens (including phenoxy) is 1. The van der Waals surface area contributed by atoms with Gasteiger partial charge >= 0.3 is 5.97 Å². The van der Waals surface area contributed by atoms with E-state index in [1.54, 1.807) is 20.8 Å². The van der Waals surface area contributed by atoms with Gasteiger partial charge in [-0.3, -0.25) is 19.2 Å². The third-order valence-electron chi connectivity index (χ3n) is 4.21. The van der Waals surface area contributed by atoms with Crippen LogP contribution in [0.25, 0.3) is 0 Å². The molecule has 8 heteroatoms. The molecule has 1 aromatic carbocycles. The number of fused-ring (bicyclic) bond motifs is 1. The highest BCUT2D eigenvalue weighted by atomic mass is 19.2. The molecule has 0 heterocycles. The molecule has 27 heavy (non-hydrogen) atoms. The molecule has 0 aliphatic heterocycles. The maximum Gasteiger partial charge on any atom is 0.325 e.